The van der Waals surface area contributed by atoms with E-state index in [1.54, 1.807) is 13.9 Å². The van der Waals surface area contributed by atoms with Crippen LogP contribution < -0.4 is 15.8 Å². The number of nitrogens with two attached hydrogens (primary N) is 1. The van der Waals surface area contributed by atoms with Crippen LogP contribution in [0.1, 0.15) is 30.6 Å². The molecule has 0 saturated heterocycles. The van der Waals surface area contributed by atoms with Gasteiger partial charge in [-0.15, -0.1) is 0 Å². The van der Waals surface area contributed by atoms with Gasteiger partial charge in [0.05, 0.1) is 11.5 Å². The molecule has 0 fully saturated rings. The second-order valence-electron chi connectivity index (χ2n) is 5.96. The van der Waals surface area contributed by atoms with E-state index in [1.165, 1.54) is 6.07 Å². The molecule has 0 aliphatic rings. The van der Waals surface area contributed by atoms with E-state index in [0.717, 1.165) is 6.07 Å². The Labute approximate surface area is 166 Å². The van der Waals surface area contributed by atoms with Crippen molar-refractivity contribution < 1.29 is 24.2 Å². The van der Waals surface area contributed by atoms with Gasteiger partial charge in [-0.1, -0.05) is 26.4 Å². The highest BCUT2D eigenvalue weighted by Crippen LogP contribution is 2.36. The van der Waals surface area contributed by atoms with Crippen LogP contribution in [0.2, 0.25) is 13.1 Å². The van der Waals surface area contributed by atoms with E-state index in [-0.39, 0.29) is 43.6 Å². The molecule has 0 spiro atoms. The van der Waals surface area contributed by atoms with Crippen molar-refractivity contribution in [1.29, 1.82) is 0 Å². The molecule has 1 aromatic rings. The zero-order valence-corrected chi connectivity index (χ0v) is 15.6. The summed E-state index contributed by atoms with van der Waals surface area (Å²) in [4.78, 5) is 22.3. The van der Waals surface area contributed by atoms with Gasteiger partial charge >= 0.3 is 0 Å². The number of primary amides is 1. The molecule has 0 radical (unpaired) electrons. The maximum absolute atomic E-state index is 11.5. The molecule has 0 aromatic heterocycles. The minimum absolute atomic E-state index is 0. The minimum Gasteiger partial charge on any atom is -0.491 e. The second-order valence-corrected chi connectivity index (χ2v) is 5.96. The van der Waals surface area contributed by atoms with Crippen LogP contribution in [0.15, 0.2) is 24.3 Å². The third kappa shape index (κ3) is 8.87. The molecule has 0 aliphatic heterocycles. The topological polar surface area (TPSA) is 137 Å². The number of amides is 1. The van der Waals surface area contributed by atoms with Crippen molar-refractivity contribution in [2.75, 3.05) is 32.2 Å². The molecule has 4 N–H and O–H groups in total. The Balaban J connectivity index is 0.00000729. The standard InChI is InChI=1S/C17H26BN3O6.CH4/c1-18(23)7-4-3-5-8-20-16-14(21(24)25)11-13(17(19)22)12-15(16)27-10-6-9-26-2;/h3,5,11-12,20,23H,4,6-10H2,1-2H3,(H2,19,22);1H4/b5-3+;. The largest absolute Gasteiger partial charge is 0.491 e. The molecule has 10 heteroatoms. The van der Waals surface area contributed by atoms with Gasteiger partial charge < -0.3 is 25.5 Å². The number of hydrogen-bond acceptors (Lipinski definition) is 7. The molecule has 9 nitrogen and oxygen atoms in total. The first-order valence-corrected chi connectivity index (χ1v) is 8.67. The lowest BCUT2D eigenvalue weighted by atomic mass is 9.67. The molecule has 0 heterocycles. The predicted octanol–water partition coefficient (Wildman–Crippen LogP) is 2.72. The summed E-state index contributed by atoms with van der Waals surface area (Å²) in [6, 6.07) is 2.52. The number of hydrogen-bond donors (Lipinski definition) is 3. The fourth-order valence-electron chi connectivity index (χ4n) is 2.26. The Morgan fingerprint density at radius 2 is 2.11 bits per heavy atom. The first-order valence-electron chi connectivity index (χ1n) is 8.67. The maximum atomic E-state index is 11.5. The fourth-order valence-corrected chi connectivity index (χ4v) is 2.26. The van der Waals surface area contributed by atoms with E-state index in [1.807, 2.05) is 12.2 Å². The van der Waals surface area contributed by atoms with Gasteiger partial charge in [0.25, 0.3) is 12.6 Å². The van der Waals surface area contributed by atoms with Crippen molar-refractivity contribution in [3.05, 3.63) is 40.0 Å². The number of carbonyl (C=O) groups is 1. The molecule has 0 saturated carbocycles. The molecule has 28 heavy (non-hydrogen) atoms. The number of allylic oxidation sites excluding steroid dienone is 1. The summed E-state index contributed by atoms with van der Waals surface area (Å²) in [6.45, 7) is 2.41. The number of anilines is 1. The number of methoxy groups -OCH3 is 1. The normalized spacial score (nSPS) is 10.4. The monoisotopic (exact) mass is 395 g/mol. The minimum atomic E-state index is -0.774. The highest BCUT2D eigenvalue weighted by molar-refractivity contribution is 6.48. The SMILES string of the molecule is C.COCCCOc1cc(C(N)=O)cc([N+](=O)[O-])c1NC/C=C/CCB(C)O. The number of nitro groups is 1. The van der Waals surface area contributed by atoms with E-state index >= 15 is 0 Å². The maximum Gasteiger partial charge on any atom is 0.296 e. The van der Waals surface area contributed by atoms with Gasteiger partial charge in [0.2, 0.25) is 5.91 Å². The van der Waals surface area contributed by atoms with Gasteiger partial charge in [-0.2, -0.15) is 0 Å². The van der Waals surface area contributed by atoms with Crippen molar-refractivity contribution >= 4 is 24.2 Å². The lowest BCUT2D eigenvalue weighted by Gasteiger charge is -2.14. The summed E-state index contributed by atoms with van der Waals surface area (Å²) < 4.78 is 10.6. The molecule has 0 bridgehead atoms. The van der Waals surface area contributed by atoms with E-state index in [9.17, 15) is 19.9 Å². The molecule has 1 aromatic carbocycles. The lowest BCUT2D eigenvalue weighted by Crippen LogP contribution is -2.14. The highest BCUT2D eigenvalue weighted by Gasteiger charge is 2.22. The van der Waals surface area contributed by atoms with Gasteiger partial charge in [-0.3, -0.25) is 14.9 Å². The summed E-state index contributed by atoms with van der Waals surface area (Å²) in [5, 5.41) is 23.6. The quantitative estimate of drug-likeness (QED) is 0.154. The second kappa shape index (κ2) is 13.6. The molecular weight excluding hydrogens is 365 g/mol. The fraction of sp³-hybridized carbons (Fsp3) is 0.500. The summed E-state index contributed by atoms with van der Waals surface area (Å²) in [5.74, 6) is -0.587. The number of nitrogens with one attached hydrogen (secondary N) is 1. The summed E-state index contributed by atoms with van der Waals surface area (Å²) in [5.41, 5.74) is 5.17. The number of benzene rings is 1. The molecule has 0 atom stereocenters. The Hall–Kier alpha value is -2.59. The van der Waals surface area contributed by atoms with E-state index in [2.05, 4.69) is 5.32 Å². The Kier molecular flexibility index (Phi) is 12.3. The van der Waals surface area contributed by atoms with Crippen LogP contribution in [0.4, 0.5) is 11.4 Å². The lowest BCUT2D eigenvalue weighted by molar-refractivity contribution is -0.384. The molecule has 156 valence electrons. The Morgan fingerprint density at radius 3 is 2.68 bits per heavy atom. The third-order valence-electron chi connectivity index (χ3n) is 3.63. The Bertz CT molecular complexity index is 667. The van der Waals surface area contributed by atoms with Crippen molar-refractivity contribution in [2.45, 2.75) is 33.4 Å². The summed E-state index contributed by atoms with van der Waals surface area (Å²) in [7, 11) is 1.56. The molecular formula is C18H30BN3O6. The average Bonchev–Trinajstić information content (AvgIpc) is 2.61. The third-order valence-corrected chi connectivity index (χ3v) is 3.63. The first-order chi connectivity index (χ1) is 12.9. The molecule has 0 aliphatic carbocycles. The van der Waals surface area contributed by atoms with Crippen LogP contribution >= 0.6 is 0 Å². The van der Waals surface area contributed by atoms with Crippen LogP contribution in [0.3, 0.4) is 0 Å². The molecule has 1 rings (SSSR count). The number of nitrogens with zero attached hydrogens (tertiary/aromatic N) is 1. The zero-order chi connectivity index (χ0) is 20.2. The van der Waals surface area contributed by atoms with Gasteiger partial charge in [-0.25, -0.2) is 0 Å². The Morgan fingerprint density at radius 1 is 1.39 bits per heavy atom. The molecule has 0 unspecified atom stereocenters. The van der Waals surface area contributed by atoms with Crippen LogP contribution in [0.25, 0.3) is 0 Å². The van der Waals surface area contributed by atoms with Crippen molar-refractivity contribution in [1.82, 2.24) is 0 Å². The first kappa shape index (κ1) is 25.4. The van der Waals surface area contributed by atoms with Crippen LogP contribution in [-0.2, 0) is 4.74 Å². The van der Waals surface area contributed by atoms with Gasteiger partial charge in [0.1, 0.15) is 5.75 Å². The summed E-state index contributed by atoms with van der Waals surface area (Å²) in [6.07, 6.45) is 5.61. The molecule has 1 amide bonds. The van der Waals surface area contributed by atoms with Crippen LogP contribution in [-0.4, -0.2) is 49.6 Å². The van der Waals surface area contributed by atoms with E-state index < -0.39 is 10.8 Å². The highest BCUT2D eigenvalue weighted by atomic mass is 16.6. The van der Waals surface area contributed by atoms with Gasteiger partial charge in [-0.05, 0) is 18.8 Å². The number of carbonyl (C=O) groups excluding carboxylic acids is 1. The number of nitro benzene ring substituents is 1. The summed E-state index contributed by atoms with van der Waals surface area (Å²) >= 11 is 0. The van der Waals surface area contributed by atoms with E-state index in [0.29, 0.717) is 32.3 Å². The average molecular weight is 395 g/mol. The van der Waals surface area contributed by atoms with E-state index in [4.69, 9.17) is 15.2 Å². The predicted molar refractivity (Wildman–Crippen MR) is 111 cm³/mol. The number of ether oxygens (including phenoxy) is 2. The van der Waals surface area contributed by atoms with Gasteiger partial charge in [0.15, 0.2) is 5.69 Å². The smallest absolute Gasteiger partial charge is 0.296 e. The van der Waals surface area contributed by atoms with Crippen LogP contribution in [0, 0.1) is 10.1 Å². The van der Waals surface area contributed by atoms with Crippen molar-refractivity contribution in [2.24, 2.45) is 5.73 Å². The van der Waals surface area contributed by atoms with Crippen molar-refractivity contribution in [3.8, 4) is 5.75 Å². The van der Waals surface area contributed by atoms with Crippen LogP contribution in [0.5, 0.6) is 5.75 Å². The van der Waals surface area contributed by atoms with Gasteiger partial charge in [0, 0.05) is 38.3 Å². The number of rotatable bonds is 13. The van der Waals surface area contributed by atoms with Crippen molar-refractivity contribution in [3.63, 3.8) is 0 Å². The zero-order valence-electron chi connectivity index (χ0n) is 15.6.